The summed E-state index contributed by atoms with van der Waals surface area (Å²) in [6.45, 7) is 12.1. The van der Waals surface area contributed by atoms with Gasteiger partial charge in [-0.25, -0.2) is 9.18 Å². The number of hydrogen-bond acceptors (Lipinski definition) is 3. The molecule has 0 aliphatic carbocycles. The fourth-order valence-electron chi connectivity index (χ4n) is 5.01. The first-order valence-electron chi connectivity index (χ1n) is 12.5. The summed E-state index contributed by atoms with van der Waals surface area (Å²) >= 11 is 12.4. The van der Waals surface area contributed by atoms with Gasteiger partial charge in [-0.15, -0.1) is 6.58 Å². The molecule has 5 nitrogen and oxygen atoms in total. The summed E-state index contributed by atoms with van der Waals surface area (Å²) in [6, 6.07) is 11.1. The van der Waals surface area contributed by atoms with Gasteiger partial charge in [0.15, 0.2) is 0 Å². The average molecular weight is 550 g/mol. The van der Waals surface area contributed by atoms with Gasteiger partial charge in [-0.2, -0.15) is 0 Å². The zero-order valence-electron chi connectivity index (χ0n) is 21.8. The maximum Gasteiger partial charge on any atom is 0.410 e. The number of nitrogens with zero attached hydrogens (tertiary/aromatic N) is 1. The number of rotatable bonds is 7. The van der Waals surface area contributed by atoms with Crippen molar-refractivity contribution in [3.8, 4) is 0 Å². The molecule has 1 aliphatic rings. The van der Waals surface area contributed by atoms with Gasteiger partial charge in [0.25, 0.3) is 0 Å². The summed E-state index contributed by atoms with van der Waals surface area (Å²) in [5.74, 6) is -0.992. The number of allylic oxidation sites excluding steroid dienone is 1. The van der Waals surface area contributed by atoms with Crippen LogP contribution in [0.3, 0.4) is 0 Å². The van der Waals surface area contributed by atoms with Crippen molar-refractivity contribution in [2.45, 2.75) is 64.0 Å². The number of carbonyl (C=O) groups excluding carboxylic acids is 2. The summed E-state index contributed by atoms with van der Waals surface area (Å²) in [6.07, 6.45) is 2.80. The van der Waals surface area contributed by atoms with Crippen molar-refractivity contribution >= 4 is 35.2 Å². The van der Waals surface area contributed by atoms with Crippen LogP contribution in [-0.2, 0) is 14.9 Å². The monoisotopic (exact) mass is 548 g/mol. The smallest absolute Gasteiger partial charge is 0.410 e. The molecule has 0 aromatic heterocycles. The van der Waals surface area contributed by atoms with E-state index in [-0.39, 0.29) is 23.9 Å². The van der Waals surface area contributed by atoms with Crippen molar-refractivity contribution in [1.29, 1.82) is 0 Å². The Labute approximate surface area is 229 Å². The molecule has 2 aromatic rings. The fraction of sp³-hybridized carbons (Fsp3) is 0.448. The Morgan fingerprint density at radius 3 is 2.22 bits per heavy atom. The van der Waals surface area contributed by atoms with Crippen molar-refractivity contribution in [3.05, 3.63) is 82.1 Å². The zero-order valence-corrected chi connectivity index (χ0v) is 23.3. The highest BCUT2D eigenvalue weighted by Crippen LogP contribution is 2.44. The number of hydrogen-bond donors (Lipinski definition) is 1. The van der Waals surface area contributed by atoms with Gasteiger partial charge in [0.1, 0.15) is 11.4 Å². The van der Waals surface area contributed by atoms with Gasteiger partial charge < -0.3 is 15.0 Å². The predicted octanol–water partition coefficient (Wildman–Crippen LogP) is 7.47. The van der Waals surface area contributed by atoms with E-state index in [1.165, 1.54) is 12.1 Å². The maximum atomic E-state index is 13.9. The minimum Gasteiger partial charge on any atom is -0.444 e. The van der Waals surface area contributed by atoms with E-state index in [1.807, 2.05) is 27.7 Å². The largest absolute Gasteiger partial charge is 0.444 e. The number of piperidine rings is 1. The van der Waals surface area contributed by atoms with E-state index in [9.17, 15) is 14.0 Å². The van der Waals surface area contributed by atoms with Gasteiger partial charge in [-0.05, 0) is 88.4 Å². The third-order valence-corrected chi connectivity index (χ3v) is 7.29. The molecule has 2 unspecified atom stereocenters. The molecule has 8 heteroatoms. The second kappa shape index (κ2) is 11.9. The van der Waals surface area contributed by atoms with Gasteiger partial charge in [0, 0.05) is 28.5 Å². The Morgan fingerprint density at radius 1 is 1.14 bits per heavy atom. The lowest BCUT2D eigenvalue weighted by Crippen LogP contribution is -2.53. The van der Waals surface area contributed by atoms with Crippen LogP contribution in [0.5, 0.6) is 0 Å². The van der Waals surface area contributed by atoms with Gasteiger partial charge in [-0.1, -0.05) is 41.4 Å². The second-order valence-electron chi connectivity index (χ2n) is 10.6. The van der Waals surface area contributed by atoms with E-state index in [4.69, 9.17) is 27.9 Å². The van der Waals surface area contributed by atoms with Crippen LogP contribution >= 0.6 is 23.2 Å². The van der Waals surface area contributed by atoms with Crippen LogP contribution in [0, 0.1) is 11.7 Å². The third-order valence-electron chi connectivity index (χ3n) is 6.86. The van der Waals surface area contributed by atoms with E-state index in [0.717, 1.165) is 11.1 Å². The minimum atomic E-state index is -0.629. The van der Waals surface area contributed by atoms with Crippen LogP contribution < -0.4 is 5.32 Å². The molecule has 200 valence electrons. The van der Waals surface area contributed by atoms with Crippen LogP contribution in [0.2, 0.25) is 10.0 Å². The molecule has 1 saturated heterocycles. The standard InChI is InChI=1S/C29H35Cl2FN2O3/c1-6-7-25(26(35)33-19(2)20-16-22(30)18-23(31)17-20)29(21-8-10-24(32)11-9-21)12-14-34(15-13-29)27(36)37-28(3,4)5/h6,8-11,16-19,25H,1,7,12-15H2,2-5H3,(H,33,35). The summed E-state index contributed by atoms with van der Waals surface area (Å²) in [4.78, 5) is 28.2. The highest BCUT2D eigenvalue weighted by Gasteiger charge is 2.47. The molecule has 1 heterocycles. The van der Waals surface area contributed by atoms with Gasteiger partial charge >= 0.3 is 6.09 Å². The van der Waals surface area contributed by atoms with Crippen LogP contribution in [0.1, 0.15) is 64.1 Å². The van der Waals surface area contributed by atoms with Crippen LogP contribution in [-0.4, -0.2) is 35.6 Å². The molecule has 0 bridgehead atoms. The molecule has 2 aromatic carbocycles. The summed E-state index contributed by atoms with van der Waals surface area (Å²) in [5, 5.41) is 4.10. The lowest BCUT2D eigenvalue weighted by molar-refractivity contribution is -0.128. The molecular formula is C29H35Cl2FN2O3. The number of amides is 2. The van der Waals surface area contributed by atoms with E-state index in [1.54, 1.807) is 41.3 Å². The molecule has 2 atom stereocenters. The van der Waals surface area contributed by atoms with Crippen molar-refractivity contribution in [2.75, 3.05) is 13.1 Å². The van der Waals surface area contributed by atoms with Gasteiger partial charge in [0.2, 0.25) is 5.91 Å². The maximum absolute atomic E-state index is 13.9. The minimum absolute atomic E-state index is 0.154. The normalized spacial score (nSPS) is 17.0. The summed E-state index contributed by atoms with van der Waals surface area (Å²) in [5.41, 5.74) is 0.417. The van der Waals surface area contributed by atoms with Crippen molar-refractivity contribution in [3.63, 3.8) is 0 Å². The topological polar surface area (TPSA) is 58.6 Å². The number of nitrogens with one attached hydrogen (secondary N) is 1. The molecular weight excluding hydrogens is 514 g/mol. The van der Waals surface area contributed by atoms with Crippen LogP contribution in [0.25, 0.3) is 0 Å². The van der Waals surface area contributed by atoms with Crippen LogP contribution in [0.4, 0.5) is 9.18 Å². The second-order valence-corrected chi connectivity index (χ2v) is 11.5. The number of ether oxygens (including phenoxy) is 1. The number of carbonyl (C=O) groups is 2. The van der Waals surface area contributed by atoms with Crippen molar-refractivity contribution < 1.29 is 18.7 Å². The number of benzene rings is 2. The quantitative estimate of drug-likeness (QED) is 0.365. The van der Waals surface area contributed by atoms with Gasteiger partial charge in [-0.3, -0.25) is 4.79 Å². The number of likely N-dealkylation sites (tertiary alicyclic amines) is 1. The Morgan fingerprint density at radius 2 is 1.70 bits per heavy atom. The average Bonchev–Trinajstić information content (AvgIpc) is 2.81. The Bertz CT molecular complexity index is 1100. The first kappa shape index (κ1) is 29.0. The molecule has 0 spiro atoms. The highest BCUT2D eigenvalue weighted by molar-refractivity contribution is 6.34. The molecule has 1 N–H and O–H groups in total. The Balaban J connectivity index is 1.91. The SMILES string of the molecule is C=CCC(C(=O)NC(C)c1cc(Cl)cc(Cl)c1)C1(c2ccc(F)cc2)CCN(C(=O)OC(C)(C)C)CC1. The van der Waals surface area contributed by atoms with E-state index < -0.39 is 16.9 Å². The van der Waals surface area contributed by atoms with Crippen LogP contribution in [0.15, 0.2) is 55.1 Å². The lowest BCUT2D eigenvalue weighted by atomic mass is 9.63. The highest BCUT2D eigenvalue weighted by atomic mass is 35.5. The van der Waals surface area contributed by atoms with E-state index in [0.29, 0.717) is 42.4 Å². The first-order valence-corrected chi connectivity index (χ1v) is 13.2. The lowest BCUT2D eigenvalue weighted by Gasteiger charge is -2.46. The van der Waals surface area contributed by atoms with Crippen molar-refractivity contribution in [2.24, 2.45) is 5.92 Å². The molecule has 0 radical (unpaired) electrons. The molecule has 1 fully saturated rings. The van der Waals surface area contributed by atoms with Gasteiger partial charge in [0.05, 0.1) is 12.0 Å². The molecule has 1 aliphatic heterocycles. The predicted molar refractivity (Wildman–Crippen MR) is 146 cm³/mol. The first-order chi connectivity index (χ1) is 17.3. The van der Waals surface area contributed by atoms with E-state index >= 15 is 0 Å². The Hall–Kier alpha value is -2.57. The summed E-state index contributed by atoms with van der Waals surface area (Å²) in [7, 11) is 0. The molecule has 0 saturated carbocycles. The molecule has 3 rings (SSSR count). The third kappa shape index (κ3) is 7.26. The zero-order chi connectivity index (χ0) is 27.4. The van der Waals surface area contributed by atoms with Crippen molar-refractivity contribution in [1.82, 2.24) is 10.2 Å². The Kier molecular flexibility index (Phi) is 9.30. The van der Waals surface area contributed by atoms with E-state index in [2.05, 4.69) is 11.9 Å². The number of halogens is 3. The fourth-order valence-corrected chi connectivity index (χ4v) is 5.55. The molecule has 2 amide bonds. The summed E-state index contributed by atoms with van der Waals surface area (Å²) < 4.78 is 19.4. The molecule has 37 heavy (non-hydrogen) atoms.